The normalized spacial score (nSPS) is 27.3. The lowest BCUT2D eigenvalue weighted by atomic mass is 9.77. The summed E-state index contributed by atoms with van der Waals surface area (Å²) in [5.41, 5.74) is 8.67. The minimum Gasteiger partial charge on any atom is -0.391 e. The number of hydrogen-bond acceptors (Lipinski definition) is 3. The topological polar surface area (TPSA) is 38.5 Å². The van der Waals surface area contributed by atoms with Crippen LogP contribution in [0.2, 0.25) is 0 Å². The van der Waals surface area contributed by atoms with E-state index < -0.39 is 0 Å². The molecule has 96 valence electrons. The summed E-state index contributed by atoms with van der Waals surface area (Å²) in [4.78, 5) is 2.90. The van der Waals surface area contributed by atoms with Crippen LogP contribution in [0, 0.1) is 0 Å². The lowest BCUT2D eigenvalue weighted by Gasteiger charge is -2.38. The molecule has 2 N–H and O–H groups in total. The Hall–Kier alpha value is -0.970. The van der Waals surface area contributed by atoms with Crippen molar-refractivity contribution < 1.29 is 4.74 Å². The van der Waals surface area contributed by atoms with Gasteiger partial charge in [-0.2, -0.15) is 0 Å². The van der Waals surface area contributed by atoms with Crippen LogP contribution in [-0.4, -0.2) is 42.2 Å². The van der Waals surface area contributed by atoms with Gasteiger partial charge in [-0.05, 0) is 17.5 Å². The maximum atomic E-state index is 5.66. The Labute approximate surface area is 113 Å². The molecule has 2 unspecified atom stereocenters. The molecule has 1 aromatic carbocycles. The van der Waals surface area contributed by atoms with E-state index in [1.807, 2.05) is 0 Å². The zero-order valence-corrected chi connectivity index (χ0v) is 11.2. The van der Waals surface area contributed by atoms with Gasteiger partial charge in [0.25, 0.3) is 0 Å². The highest BCUT2D eigenvalue weighted by atomic mass is 32.1. The summed E-state index contributed by atoms with van der Waals surface area (Å²) in [6, 6.07) is 8.72. The van der Waals surface area contributed by atoms with Crippen molar-refractivity contribution in [3.05, 3.63) is 35.4 Å². The van der Waals surface area contributed by atoms with Gasteiger partial charge in [0.2, 0.25) is 0 Å². The van der Waals surface area contributed by atoms with E-state index >= 15 is 0 Å². The van der Waals surface area contributed by atoms with E-state index in [1.54, 1.807) is 0 Å². The maximum Gasteiger partial charge on any atom is 0.120 e. The lowest BCUT2D eigenvalue weighted by Crippen LogP contribution is -2.49. The summed E-state index contributed by atoms with van der Waals surface area (Å²) in [5.74, 6) is 0.672. The number of hydrogen-bond donors (Lipinski definition) is 1. The second-order valence-electron chi connectivity index (χ2n) is 5.12. The van der Waals surface area contributed by atoms with Crippen molar-refractivity contribution in [3.8, 4) is 0 Å². The summed E-state index contributed by atoms with van der Waals surface area (Å²) in [5, 5.41) is 0. The Morgan fingerprint density at radius 1 is 1.44 bits per heavy atom. The van der Waals surface area contributed by atoms with E-state index in [4.69, 9.17) is 22.7 Å². The van der Waals surface area contributed by atoms with Gasteiger partial charge in [0.05, 0.1) is 6.61 Å². The van der Waals surface area contributed by atoms with Gasteiger partial charge < -0.3 is 10.5 Å². The molecule has 1 heterocycles. The van der Waals surface area contributed by atoms with Gasteiger partial charge in [-0.3, -0.25) is 4.90 Å². The van der Waals surface area contributed by atoms with Crippen molar-refractivity contribution in [1.29, 1.82) is 0 Å². The first-order valence-corrected chi connectivity index (χ1v) is 6.86. The van der Waals surface area contributed by atoms with Crippen LogP contribution in [0.1, 0.15) is 17.0 Å². The molecule has 0 saturated carbocycles. The van der Waals surface area contributed by atoms with Crippen molar-refractivity contribution in [2.75, 3.05) is 26.2 Å². The van der Waals surface area contributed by atoms with Crippen LogP contribution in [0.25, 0.3) is 0 Å². The molecule has 1 aromatic rings. The molecule has 1 fully saturated rings. The second-order valence-corrected chi connectivity index (χ2v) is 5.59. The fourth-order valence-corrected chi connectivity index (χ4v) is 3.02. The number of rotatable bonds is 3. The quantitative estimate of drug-likeness (QED) is 0.834. The van der Waals surface area contributed by atoms with Gasteiger partial charge in [-0.15, -0.1) is 0 Å². The molecule has 4 heteroatoms. The van der Waals surface area contributed by atoms with Crippen LogP contribution < -0.4 is 5.73 Å². The fourth-order valence-electron chi connectivity index (χ4n) is 2.88. The molecule has 3 rings (SSSR count). The van der Waals surface area contributed by atoms with Gasteiger partial charge in [0.1, 0.15) is 11.1 Å². The standard InChI is InChI=1S/C14H18N2OS/c15-14(18)13-9-16(5-6-17-13)8-11-7-10-3-1-2-4-12(10)11/h1-4,11,13H,5-9H2,(H2,15,18). The molecule has 1 aliphatic heterocycles. The van der Waals surface area contributed by atoms with Gasteiger partial charge in [-0.1, -0.05) is 36.5 Å². The van der Waals surface area contributed by atoms with Crippen LogP contribution in [0.4, 0.5) is 0 Å². The molecule has 0 aromatic heterocycles. The molecule has 0 amide bonds. The first kappa shape index (κ1) is 12.1. The SMILES string of the molecule is NC(=S)C1CN(CC2Cc3ccccc32)CCO1. The summed E-state index contributed by atoms with van der Waals surface area (Å²) < 4.78 is 5.56. The Morgan fingerprint density at radius 3 is 3.06 bits per heavy atom. The zero-order valence-electron chi connectivity index (χ0n) is 10.3. The second kappa shape index (κ2) is 4.96. The van der Waals surface area contributed by atoms with E-state index in [1.165, 1.54) is 17.5 Å². The van der Waals surface area contributed by atoms with Crippen molar-refractivity contribution in [1.82, 2.24) is 4.90 Å². The van der Waals surface area contributed by atoms with Gasteiger partial charge >= 0.3 is 0 Å². The number of nitrogens with zero attached hydrogens (tertiary/aromatic N) is 1. The van der Waals surface area contributed by atoms with Crippen molar-refractivity contribution in [2.24, 2.45) is 5.73 Å². The third-order valence-corrected chi connectivity index (χ3v) is 4.17. The van der Waals surface area contributed by atoms with E-state index in [2.05, 4.69) is 29.2 Å². The van der Waals surface area contributed by atoms with Crippen LogP contribution in [0.3, 0.4) is 0 Å². The average Bonchev–Trinajstić information content (AvgIpc) is 2.36. The fraction of sp³-hybridized carbons (Fsp3) is 0.500. The third-order valence-electron chi connectivity index (χ3n) is 3.91. The largest absolute Gasteiger partial charge is 0.391 e. The molecular formula is C14H18N2OS. The highest BCUT2D eigenvalue weighted by molar-refractivity contribution is 7.80. The molecule has 1 saturated heterocycles. The maximum absolute atomic E-state index is 5.66. The molecule has 0 radical (unpaired) electrons. The van der Waals surface area contributed by atoms with Crippen LogP contribution in [0.5, 0.6) is 0 Å². The summed E-state index contributed by atoms with van der Waals surface area (Å²) in [7, 11) is 0. The molecule has 2 aliphatic rings. The molecule has 2 atom stereocenters. The van der Waals surface area contributed by atoms with E-state index in [-0.39, 0.29) is 6.10 Å². The minimum atomic E-state index is -0.0657. The highest BCUT2D eigenvalue weighted by Gasteiger charge is 2.30. The lowest BCUT2D eigenvalue weighted by molar-refractivity contribution is 0.00413. The number of ether oxygens (including phenoxy) is 1. The predicted octanol–water partition coefficient (Wildman–Crippen LogP) is 1.31. The van der Waals surface area contributed by atoms with Crippen LogP contribution in [-0.2, 0) is 11.2 Å². The van der Waals surface area contributed by atoms with Crippen molar-refractivity contribution in [2.45, 2.75) is 18.4 Å². The Balaban J connectivity index is 1.60. The zero-order chi connectivity index (χ0) is 12.5. The molecule has 1 aliphatic carbocycles. The number of benzene rings is 1. The van der Waals surface area contributed by atoms with E-state index in [9.17, 15) is 0 Å². The summed E-state index contributed by atoms with van der Waals surface area (Å²) in [6.07, 6.45) is 1.13. The monoisotopic (exact) mass is 262 g/mol. The van der Waals surface area contributed by atoms with Crippen LogP contribution in [0.15, 0.2) is 24.3 Å². The molecular weight excluding hydrogens is 244 g/mol. The van der Waals surface area contributed by atoms with Gasteiger partial charge in [-0.25, -0.2) is 0 Å². The van der Waals surface area contributed by atoms with E-state index in [0.29, 0.717) is 10.9 Å². The molecule has 0 spiro atoms. The summed E-state index contributed by atoms with van der Waals surface area (Å²) in [6.45, 7) is 3.65. The molecule has 0 bridgehead atoms. The molecule has 3 nitrogen and oxygen atoms in total. The summed E-state index contributed by atoms with van der Waals surface area (Å²) >= 11 is 5.01. The molecule has 18 heavy (non-hydrogen) atoms. The van der Waals surface area contributed by atoms with Crippen molar-refractivity contribution >= 4 is 17.2 Å². The number of morpholine rings is 1. The van der Waals surface area contributed by atoms with E-state index in [0.717, 1.165) is 26.2 Å². The van der Waals surface area contributed by atoms with Crippen LogP contribution >= 0.6 is 12.2 Å². The first-order valence-electron chi connectivity index (χ1n) is 6.45. The smallest absolute Gasteiger partial charge is 0.120 e. The number of nitrogens with two attached hydrogens (primary N) is 1. The number of fused-ring (bicyclic) bond motifs is 1. The Morgan fingerprint density at radius 2 is 2.28 bits per heavy atom. The third kappa shape index (κ3) is 2.28. The van der Waals surface area contributed by atoms with Gasteiger partial charge in [0.15, 0.2) is 0 Å². The first-order chi connectivity index (χ1) is 8.74. The average molecular weight is 262 g/mol. The Kier molecular flexibility index (Phi) is 3.33. The highest BCUT2D eigenvalue weighted by Crippen LogP contribution is 2.35. The predicted molar refractivity (Wildman–Crippen MR) is 75.9 cm³/mol. The Bertz CT molecular complexity index is 463. The number of thiocarbonyl (C=S) groups is 1. The van der Waals surface area contributed by atoms with Gasteiger partial charge in [0, 0.05) is 25.6 Å². The van der Waals surface area contributed by atoms with Crippen molar-refractivity contribution in [3.63, 3.8) is 0 Å². The minimum absolute atomic E-state index is 0.0657.